The molecule has 2 rings (SSSR count). The monoisotopic (exact) mass is 251 g/mol. The van der Waals surface area contributed by atoms with Crippen molar-refractivity contribution in [2.75, 3.05) is 5.32 Å². The average molecular weight is 252 g/mol. The SMILES string of the molecule is O=C1CCCCC1C(=O)Nc1ccc(Cl)cc1. The van der Waals surface area contributed by atoms with Crippen molar-refractivity contribution in [1.29, 1.82) is 0 Å². The van der Waals surface area contributed by atoms with Crippen LogP contribution in [0.2, 0.25) is 5.02 Å². The molecule has 0 radical (unpaired) electrons. The highest BCUT2D eigenvalue weighted by atomic mass is 35.5. The number of anilines is 1. The van der Waals surface area contributed by atoms with E-state index in [1.807, 2.05) is 0 Å². The van der Waals surface area contributed by atoms with Gasteiger partial charge in [-0.15, -0.1) is 0 Å². The number of hydrogen-bond donors (Lipinski definition) is 1. The Balaban J connectivity index is 2.00. The van der Waals surface area contributed by atoms with Crippen molar-refractivity contribution in [3.05, 3.63) is 29.3 Å². The number of benzene rings is 1. The van der Waals surface area contributed by atoms with Crippen LogP contribution in [0.3, 0.4) is 0 Å². The molecule has 1 N–H and O–H groups in total. The van der Waals surface area contributed by atoms with Gasteiger partial charge >= 0.3 is 0 Å². The van der Waals surface area contributed by atoms with Gasteiger partial charge in [0.05, 0.1) is 5.92 Å². The number of Topliss-reactive ketones (excluding diaryl/α,β-unsaturated/α-hetero) is 1. The molecule has 17 heavy (non-hydrogen) atoms. The first kappa shape index (κ1) is 12.1. The molecule has 0 bridgehead atoms. The van der Waals surface area contributed by atoms with Gasteiger partial charge in [-0.05, 0) is 37.1 Å². The van der Waals surface area contributed by atoms with E-state index in [1.165, 1.54) is 0 Å². The van der Waals surface area contributed by atoms with Crippen molar-refractivity contribution in [3.63, 3.8) is 0 Å². The van der Waals surface area contributed by atoms with Gasteiger partial charge in [-0.3, -0.25) is 9.59 Å². The van der Waals surface area contributed by atoms with Crippen LogP contribution in [-0.4, -0.2) is 11.7 Å². The van der Waals surface area contributed by atoms with E-state index in [-0.39, 0.29) is 11.7 Å². The van der Waals surface area contributed by atoms with Crippen molar-refractivity contribution in [3.8, 4) is 0 Å². The van der Waals surface area contributed by atoms with Crippen LogP contribution < -0.4 is 5.32 Å². The number of hydrogen-bond acceptors (Lipinski definition) is 2. The third-order valence-electron chi connectivity index (χ3n) is 2.98. The summed E-state index contributed by atoms with van der Waals surface area (Å²) in [6, 6.07) is 6.88. The summed E-state index contributed by atoms with van der Waals surface area (Å²) in [5.41, 5.74) is 0.678. The molecule has 1 atom stereocenters. The summed E-state index contributed by atoms with van der Waals surface area (Å²) >= 11 is 5.75. The first-order valence-corrected chi connectivity index (χ1v) is 6.14. The molecule has 0 aromatic heterocycles. The Bertz CT molecular complexity index is 428. The molecular weight excluding hydrogens is 238 g/mol. The molecule has 0 saturated heterocycles. The molecule has 4 heteroatoms. The Kier molecular flexibility index (Phi) is 3.79. The molecule has 1 unspecified atom stereocenters. The molecule has 1 aromatic carbocycles. The molecule has 1 saturated carbocycles. The maximum Gasteiger partial charge on any atom is 0.234 e. The van der Waals surface area contributed by atoms with Gasteiger partial charge in [0.1, 0.15) is 5.78 Å². The van der Waals surface area contributed by atoms with Gasteiger partial charge in [-0.2, -0.15) is 0 Å². The number of amides is 1. The highest BCUT2D eigenvalue weighted by Gasteiger charge is 2.28. The van der Waals surface area contributed by atoms with Gasteiger partial charge in [0.15, 0.2) is 0 Å². The van der Waals surface area contributed by atoms with Crippen LogP contribution in [0.5, 0.6) is 0 Å². The van der Waals surface area contributed by atoms with E-state index in [9.17, 15) is 9.59 Å². The standard InChI is InChI=1S/C13H14ClNO2/c14-9-5-7-10(8-6-9)15-13(17)11-3-1-2-4-12(11)16/h5-8,11H,1-4H2,(H,15,17). The fraction of sp³-hybridized carbons (Fsp3) is 0.385. The van der Waals surface area contributed by atoms with E-state index >= 15 is 0 Å². The summed E-state index contributed by atoms with van der Waals surface area (Å²) in [6.45, 7) is 0. The summed E-state index contributed by atoms with van der Waals surface area (Å²) in [7, 11) is 0. The van der Waals surface area contributed by atoms with Crippen molar-refractivity contribution in [1.82, 2.24) is 0 Å². The molecule has 1 amide bonds. The van der Waals surface area contributed by atoms with E-state index in [4.69, 9.17) is 11.6 Å². The predicted octanol–water partition coefficient (Wildman–Crippen LogP) is 3.04. The minimum atomic E-state index is -0.473. The molecule has 0 aliphatic heterocycles. The molecule has 0 heterocycles. The minimum Gasteiger partial charge on any atom is -0.325 e. The van der Waals surface area contributed by atoms with Gasteiger partial charge in [-0.1, -0.05) is 18.0 Å². The number of nitrogens with one attached hydrogen (secondary N) is 1. The Morgan fingerprint density at radius 2 is 1.94 bits per heavy atom. The van der Waals surface area contributed by atoms with E-state index < -0.39 is 5.92 Å². The quantitative estimate of drug-likeness (QED) is 0.822. The van der Waals surface area contributed by atoms with Gasteiger partial charge in [0.25, 0.3) is 0 Å². The lowest BCUT2D eigenvalue weighted by Crippen LogP contribution is -2.31. The smallest absolute Gasteiger partial charge is 0.234 e. The first-order chi connectivity index (χ1) is 8.16. The van der Waals surface area contributed by atoms with Crippen molar-refractivity contribution in [2.45, 2.75) is 25.7 Å². The zero-order valence-corrected chi connectivity index (χ0v) is 10.2. The topological polar surface area (TPSA) is 46.2 Å². The van der Waals surface area contributed by atoms with Crippen LogP contribution in [0, 0.1) is 5.92 Å². The molecule has 3 nitrogen and oxygen atoms in total. The number of carbonyl (C=O) groups excluding carboxylic acids is 2. The second-order valence-corrected chi connectivity index (χ2v) is 4.70. The fourth-order valence-corrected chi connectivity index (χ4v) is 2.15. The van der Waals surface area contributed by atoms with Crippen LogP contribution in [0.15, 0.2) is 24.3 Å². The average Bonchev–Trinajstić information content (AvgIpc) is 2.32. The second kappa shape index (κ2) is 5.32. The summed E-state index contributed by atoms with van der Waals surface area (Å²) in [4.78, 5) is 23.5. The van der Waals surface area contributed by atoms with E-state index in [1.54, 1.807) is 24.3 Å². The van der Waals surface area contributed by atoms with Crippen LogP contribution >= 0.6 is 11.6 Å². The van der Waals surface area contributed by atoms with E-state index in [0.29, 0.717) is 23.6 Å². The van der Waals surface area contributed by atoms with Crippen molar-refractivity contribution < 1.29 is 9.59 Å². The molecular formula is C13H14ClNO2. The van der Waals surface area contributed by atoms with Gasteiger partial charge < -0.3 is 5.32 Å². The Morgan fingerprint density at radius 3 is 2.59 bits per heavy atom. The molecule has 90 valence electrons. The first-order valence-electron chi connectivity index (χ1n) is 5.76. The maximum atomic E-state index is 11.9. The number of halogens is 1. The lowest BCUT2D eigenvalue weighted by molar-refractivity contribution is -0.132. The normalized spacial score (nSPS) is 20.1. The van der Waals surface area contributed by atoms with E-state index in [2.05, 4.69) is 5.32 Å². The lowest BCUT2D eigenvalue weighted by Gasteiger charge is -2.19. The van der Waals surface area contributed by atoms with Crippen LogP contribution in [0.4, 0.5) is 5.69 Å². The lowest BCUT2D eigenvalue weighted by atomic mass is 9.87. The summed E-state index contributed by atoms with van der Waals surface area (Å²) in [5, 5.41) is 3.37. The second-order valence-electron chi connectivity index (χ2n) is 4.26. The predicted molar refractivity (Wildman–Crippen MR) is 67.0 cm³/mol. The number of ketones is 1. The third-order valence-corrected chi connectivity index (χ3v) is 3.23. The molecule has 0 spiro atoms. The van der Waals surface area contributed by atoms with Gasteiger partial charge in [0, 0.05) is 17.1 Å². The van der Waals surface area contributed by atoms with Crippen LogP contribution in [-0.2, 0) is 9.59 Å². The highest BCUT2D eigenvalue weighted by Crippen LogP contribution is 2.22. The summed E-state index contributed by atoms with van der Waals surface area (Å²) < 4.78 is 0. The number of rotatable bonds is 2. The van der Waals surface area contributed by atoms with E-state index in [0.717, 1.165) is 12.8 Å². The van der Waals surface area contributed by atoms with Gasteiger partial charge in [-0.25, -0.2) is 0 Å². The summed E-state index contributed by atoms with van der Waals surface area (Å²) in [5.74, 6) is -0.612. The maximum absolute atomic E-state index is 11.9. The van der Waals surface area contributed by atoms with Crippen LogP contribution in [0.1, 0.15) is 25.7 Å². The highest BCUT2D eigenvalue weighted by molar-refractivity contribution is 6.30. The third kappa shape index (κ3) is 3.07. The molecule has 1 aliphatic rings. The largest absolute Gasteiger partial charge is 0.325 e. The fourth-order valence-electron chi connectivity index (χ4n) is 2.02. The Labute approximate surface area is 105 Å². The molecule has 1 fully saturated rings. The number of carbonyl (C=O) groups is 2. The zero-order valence-electron chi connectivity index (χ0n) is 9.41. The Morgan fingerprint density at radius 1 is 1.24 bits per heavy atom. The van der Waals surface area contributed by atoms with Crippen molar-refractivity contribution >= 4 is 29.0 Å². The summed E-state index contributed by atoms with van der Waals surface area (Å²) in [6.07, 6.45) is 3.05. The molecule has 1 aliphatic carbocycles. The Hall–Kier alpha value is -1.35. The van der Waals surface area contributed by atoms with Gasteiger partial charge in [0.2, 0.25) is 5.91 Å². The van der Waals surface area contributed by atoms with Crippen LogP contribution in [0.25, 0.3) is 0 Å². The molecule has 1 aromatic rings. The zero-order chi connectivity index (χ0) is 12.3. The minimum absolute atomic E-state index is 0.0581. The van der Waals surface area contributed by atoms with Crippen molar-refractivity contribution in [2.24, 2.45) is 5.92 Å².